The number of aliphatic hydroxyl groups is 1. The van der Waals surface area contributed by atoms with Gasteiger partial charge in [0.25, 0.3) is 5.91 Å². The zero-order chi connectivity index (χ0) is 65.9. The SMILES string of the molecule is CC[C@H](C)[C@@H]1NC(=O)[C@@H]2CCCN2C(=O)[C@H](Cc2cccc(-c3cccc4ncccc34)c2)N(C)C(=O)[C@H](Cc2ccccc2)NC(=O)C(C(C)C)N(C)C(=O)[C@@H]([C@@H](C)CC)OC(=O)[C@H](C(C)(C)O)N(C)C(=O)[C@H](CC(C)C)NC(=O)C(C(C)C)N(C)C1=O. The van der Waals surface area contributed by atoms with E-state index in [9.17, 15) is 19.5 Å². The Morgan fingerprint density at radius 1 is 0.607 bits per heavy atom. The highest BCUT2D eigenvalue weighted by atomic mass is 16.6. The molecule has 0 bridgehead atoms. The van der Waals surface area contributed by atoms with E-state index in [1.165, 1.54) is 61.6 Å². The lowest BCUT2D eigenvalue weighted by Gasteiger charge is -2.39. The topological polar surface area (TPSA) is 248 Å². The molecule has 0 radical (unpaired) electrons. The number of pyridine rings is 1. The number of ether oxygens (including phenoxy) is 1. The number of nitrogens with zero attached hydrogens (tertiary/aromatic N) is 6. The van der Waals surface area contributed by atoms with Crippen molar-refractivity contribution < 1.29 is 53.0 Å². The minimum Gasteiger partial charge on any atom is -0.450 e. The van der Waals surface area contributed by atoms with Gasteiger partial charge in [-0.25, -0.2) is 4.79 Å². The number of esters is 1. The van der Waals surface area contributed by atoms with Crippen LogP contribution in [0.15, 0.2) is 91.1 Å². The Morgan fingerprint density at radius 2 is 1.19 bits per heavy atom. The van der Waals surface area contributed by atoms with Gasteiger partial charge in [-0.1, -0.05) is 148 Å². The van der Waals surface area contributed by atoms with Gasteiger partial charge in [0.2, 0.25) is 41.4 Å². The fraction of sp³-hybridized carbons (Fsp3) is 0.565. The molecule has 2 fully saturated rings. The molecule has 484 valence electrons. The minimum absolute atomic E-state index is 0.0263. The number of likely N-dealkylation sites (N-methyl/N-ethyl adjacent to an activating group) is 4. The highest BCUT2D eigenvalue weighted by Gasteiger charge is 2.48. The number of benzene rings is 3. The van der Waals surface area contributed by atoms with Gasteiger partial charge in [0, 0.05) is 65.1 Å². The third kappa shape index (κ3) is 16.8. The first kappa shape index (κ1) is 70.3. The predicted molar refractivity (Wildman–Crippen MR) is 342 cm³/mol. The number of hydrogen-bond acceptors (Lipinski definition) is 12. The number of hydrogen-bond donors (Lipinski definition) is 4. The number of carbonyl (C=O) groups excluding carboxylic acids is 9. The molecule has 2 aliphatic heterocycles. The molecular formula is C69H97N9O11. The Labute approximate surface area is 526 Å². The lowest BCUT2D eigenvalue weighted by Crippen LogP contribution is -2.63. The zero-order valence-corrected chi connectivity index (χ0v) is 55.1. The van der Waals surface area contributed by atoms with Crippen molar-refractivity contribution in [2.45, 2.75) is 188 Å². The fourth-order valence-corrected chi connectivity index (χ4v) is 12.6. The van der Waals surface area contributed by atoms with Crippen molar-refractivity contribution >= 4 is 64.1 Å². The fourth-order valence-electron chi connectivity index (χ4n) is 12.6. The maximum absolute atomic E-state index is 15.8. The van der Waals surface area contributed by atoms with Gasteiger partial charge < -0.3 is 50.3 Å². The van der Waals surface area contributed by atoms with Crippen molar-refractivity contribution in [2.75, 3.05) is 34.7 Å². The van der Waals surface area contributed by atoms with E-state index < -0.39 is 137 Å². The molecular weight excluding hydrogens is 1130 g/mol. The molecule has 2 saturated heterocycles. The van der Waals surface area contributed by atoms with E-state index in [0.29, 0.717) is 30.4 Å². The van der Waals surface area contributed by atoms with Crippen LogP contribution in [-0.2, 0) is 60.7 Å². The molecule has 6 rings (SSSR count). The van der Waals surface area contributed by atoms with Crippen LogP contribution in [-0.4, -0.2) is 183 Å². The molecule has 0 saturated carbocycles. The molecule has 3 aromatic carbocycles. The molecule has 20 nitrogen and oxygen atoms in total. The predicted octanol–water partition coefficient (Wildman–Crippen LogP) is 6.59. The molecule has 0 spiro atoms. The summed E-state index contributed by atoms with van der Waals surface area (Å²) in [7, 11) is 5.69. The van der Waals surface area contributed by atoms with E-state index in [-0.39, 0.29) is 38.1 Å². The van der Waals surface area contributed by atoms with E-state index in [4.69, 9.17) is 4.74 Å². The van der Waals surface area contributed by atoms with Crippen LogP contribution in [0.2, 0.25) is 0 Å². The normalized spacial score (nSPS) is 24.9. The number of amides is 8. The average molecular weight is 1230 g/mol. The van der Waals surface area contributed by atoms with Crippen LogP contribution in [0, 0.1) is 29.6 Å². The quantitative estimate of drug-likeness (QED) is 0.0978. The van der Waals surface area contributed by atoms with Crippen molar-refractivity contribution in [3.05, 3.63) is 102 Å². The van der Waals surface area contributed by atoms with Crippen LogP contribution in [0.3, 0.4) is 0 Å². The summed E-state index contributed by atoms with van der Waals surface area (Å²) in [5.41, 5.74) is 1.90. The second-order valence-electron chi connectivity index (χ2n) is 26.3. The molecule has 3 heterocycles. The standard InChI is InChI=1S/C69H97N9O11/c1-17-43(9)55-66(85)75(14)56(41(5)6)61(80)71-51(36-40(3)4)64(83)77(16)59(69(11,12)88)68(87)89-58(44(10)18-2)67(86)76(15)57(42(7)8)62(81)72-52(38-45-26-20-19-21-27-45)63(82)74(13)54(65(84)78-35-25-33-53(78)60(79)73-55)39-46-28-22-29-47(37-46)48-30-23-32-50-49(48)31-24-34-70-50/h19-24,26-32,34,37,40-44,51-59,88H,17-18,25,33,35-36,38-39H2,1-16H3,(H,71,80)(H,72,81)(H,73,79)/t43-,44-,51-,52-,53-,54-,55-,56?,57?,58+,59+/m0/s1. The second kappa shape index (κ2) is 30.6. The van der Waals surface area contributed by atoms with Gasteiger partial charge >= 0.3 is 5.97 Å². The van der Waals surface area contributed by atoms with Crippen molar-refractivity contribution in [1.29, 1.82) is 0 Å². The number of aromatic nitrogens is 1. The van der Waals surface area contributed by atoms with Crippen molar-refractivity contribution in [3.63, 3.8) is 0 Å². The largest absolute Gasteiger partial charge is 0.450 e. The first-order valence-electron chi connectivity index (χ1n) is 31.6. The Balaban J connectivity index is 1.53. The lowest BCUT2D eigenvalue weighted by molar-refractivity contribution is -0.177. The first-order valence-corrected chi connectivity index (χ1v) is 31.6. The Morgan fingerprint density at radius 3 is 1.79 bits per heavy atom. The van der Waals surface area contributed by atoms with E-state index in [0.717, 1.165) is 26.9 Å². The van der Waals surface area contributed by atoms with Gasteiger partial charge in [-0.05, 0) is 97.6 Å². The molecule has 8 amide bonds. The number of cyclic esters (lactones) is 1. The van der Waals surface area contributed by atoms with E-state index in [1.807, 2.05) is 100 Å². The van der Waals surface area contributed by atoms with Crippen LogP contribution in [0.5, 0.6) is 0 Å². The molecule has 2 unspecified atom stereocenters. The summed E-state index contributed by atoms with van der Waals surface area (Å²) in [6.07, 6.45) is 1.61. The van der Waals surface area contributed by atoms with Crippen LogP contribution in [0.4, 0.5) is 0 Å². The third-order valence-corrected chi connectivity index (χ3v) is 17.9. The van der Waals surface area contributed by atoms with Crippen molar-refractivity contribution in [2.24, 2.45) is 29.6 Å². The van der Waals surface area contributed by atoms with Gasteiger partial charge in [0.05, 0.1) is 11.1 Å². The molecule has 1 aromatic heterocycles. The first-order chi connectivity index (χ1) is 41.9. The van der Waals surface area contributed by atoms with Crippen LogP contribution in [0.1, 0.15) is 126 Å². The van der Waals surface area contributed by atoms with Gasteiger partial charge in [-0.15, -0.1) is 0 Å². The third-order valence-electron chi connectivity index (χ3n) is 17.9. The van der Waals surface area contributed by atoms with Gasteiger partial charge in [0.15, 0.2) is 12.1 Å². The Bertz CT molecular complexity index is 3160. The Kier molecular flexibility index (Phi) is 24.2. The van der Waals surface area contributed by atoms with Gasteiger partial charge in [-0.2, -0.15) is 0 Å². The van der Waals surface area contributed by atoms with E-state index in [1.54, 1.807) is 59.9 Å². The summed E-state index contributed by atoms with van der Waals surface area (Å²) in [5.74, 6) is -8.88. The van der Waals surface area contributed by atoms with Crippen LogP contribution in [0.25, 0.3) is 22.0 Å². The maximum atomic E-state index is 15.8. The molecule has 89 heavy (non-hydrogen) atoms. The van der Waals surface area contributed by atoms with E-state index >= 15 is 28.8 Å². The number of nitrogens with one attached hydrogen (secondary N) is 3. The minimum atomic E-state index is -1.99. The summed E-state index contributed by atoms with van der Waals surface area (Å²) < 4.78 is 6.14. The summed E-state index contributed by atoms with van der Waals surface area (Å²) in [4.78, 5) is 147. The smallest absolute Gasteiger partial charge is 0.332 e. The molecule has 4 N–H and O–H groups in total. The number of fused-ring (bicyclic) bond motifs is 2. The molecule has 0 aliphatic carbocycles. The highest BCUT2D eigenvalue weighted by molar-refractivity contribution is 6.00. The Hall–Kier alpha value is -7.74. The van der Waals surface area contributed by atoms with Gasteiger partial charge in [-0.3, -0.25) is 43.3 Å². The number of carbonyl (C=O) groups is 9. The average Bonchev–Trinajstić information content (AvgIpc) is 4.18. The van der Waals surface area contributed by atoms with Crippen molar-refractivity contribution in [1.82, 2.24) is 45.4 Å². The summed E-state index contributed by atoms with van der Waals surface area (Å²) >= 11 is 0. The summed E-state index contributed by atoms with van der Waals surface area (Å²) in [6, 6.07) is 16.0. The lowest BCUT2D eigenvalue weighted by atomic mass is 9.93. The molecule has 11 atom stereocenters. The molecule has 20 heteroatoms. The summed E-state index contributed by atoms with van der Waals surface area (Å²) in [6.45, 7) is 20.6. The zero-order valence-electron chi connectivity index (χ0n) is 55.1. The van der Waals surface area contributed by atoms with Crippen LogP contribution >= 0.6 is 0 Å². The maximum Gasteiger partial charge on any atom is 0.332 e. The molecule has 4 aromatic rings. The van der Waals surface area contributed by atoms with Crippen LogP contribution < -0.4 is 16.0 Å². The van der Waals surface area contributed by atoms with Crippen molar-refractivity contribution in [3.8, 4) is 11.1 Å². The highest BCUT2D eigenvalue weighted by Crippen LogP contribution is 2.31. The molecule has 2 aliphatic rings. The monoisotopic (exact) mass is 1230 g/mol. The number of rotatable bonds is 14. The van der Waals surface area contributed by atoms with Gasteiger partial charge in [0.1, 0.15) is 42.3 Å². The summed E-state index contributed by atoms with van der Waals surface area (Å²) in [5, 5.41) is 21.6. The van der Waals surface area contributed by atoms with E-state index in [2.05, 4.69) is 20.9 Å². The second-order valence-corrected chi connectivity index (χ2v) is 26.3.